The molecule has 1 aromatic heterocycles. The van der Waals surface area contributed by atoms with E-state index in [1.165, 1.54) is 0 Å². The first-order valence-corrected chi connectivity index (χ1v) is 8.44. The highest BCUT2D eigenvalue weighted by Gasteiger charge is 2.14. The SMILES string of the molecule is COc1ccc(OCCNc2nc(C)cc(N3CCOCC3)n2)cc1. The van der Waals surface area contributed by atoms with Crippen LogP contribution in [0, 0.1) is 6.92 Å². The van der Waals surface area contributed by atoms with Gasteiger partial charge in [-0.25, -0.2) is 4.98 Å². The number of hydrogen-bond acceptors (Lipinski definition) is 7. The fourth-order valence-electron chi connectivity index (χ4n) is 2.59. The van der Waals surface area contributed by atoms with Crippen molar-refractivity contribution in [3.63, 3.8) is 0 Å². The van der Waals surface area contributed by atoms with Gasteiger partial charge in [0.15, 0.2) is 0 Å². The zero-order valence-electron chi connectivity index (χ0n) is 14.7. The third kappa shape index (κ3) is 4.96. The first-order valence-electron chi connectivity index (χ1n) is 8.44. The van der Waals surface area contributed by atoms with E-state index < -0.39 is 0 Å². The summed E-state index contributed by atoms with van der Waals surface area (Å²) in [6.45, 7) is 6.31. The van der Waals surface area contributed by atoms with Crippen LogP contribution in [-0.4, -0.2) is 56.5 Å². The van der Waals surface area contributed by atoms with E-state index in [0.717, 1.165) is 49.3 Å². The van der Waals surface area contributed by atoms with E-state index in [-0.39, 0.29) is 0 Å². The van der Waals surface area contributed by atoms with E-state index in [1.807, 2.05) is 37.3 Å². The molecule has 0 amide bonds. The molecule has 1 fully saturated rings. The van der Waals surface area contributed by atoms with E-state index in [2.05, 4.69) is 20.2 Å². The molecule has 0 bridgehead atoms. The first-order chi connectivity index (χ1) is 12.2. The number of nitrogens with zero attached hydrogens (tertiary/aromatic N) is 3. The molecule has 2 heterocycles. The number of morpholine rings is 1. The number of rotatable bonds is 7. The Morgan fingerprint density at radius 2 is 1.84 bits per heavy atom. The number of hydrogen-bond donors (Lipinski definition) is 1. The van der Waals surface area contributed by atoms with Crippen molar-refractivity contribution in [1.82, 2.24) is 9.97 Å². The van der Waals surface area contributed by atoms with Gasteiger partial charge in [-0.15, -0.1) is 0 Å². The average Bonchev–Trinajstić information content (AvgIpc) is 2.66. The van der Waals surface area contributed by atoms with Gasteiger partial charge in [-0.2, -0.15) is 4.98 Å². The fourth-order valence-corrected chi connectivity index (χ4v) is 2.59. The second kappa shape index (κ2) is 8.53. The molecular formula is C18H24N4O3. The topological polar surface area (TPSA) is 68.7 Å². The normalized spacial score (nSPS) is 14.2. The molecule has 1 aromatic carbocycles. The van der Waals surface area contributed by atoms with Crippen molar-refractivity contribution in [2.45, 2.75) is 6.92 Å². The van der Waals surface area contributed by atoms with Crippen LogP contribution >= 0.6 is 0 Å². The molecule has 1 aliphatic heterocycles. The lowest BCUT2D eigenvalue weighted by atomic mass is 10.3. The highest BCUT2D eigenvalue weighted by molar-refractivity contribution is 5.45. The maximum Gasteiger partial charge on any atom is 0.224 e. The third-order valence-electron chi connectivity index (χ3n) is 3.89. The molecule has 7 nitrogen and oxygen atoms in total. The van der Waals surface area contributed by atoms with Crippen LogP contribution in [0.1, 0.15) is 5.69 Å². The third-order valence-corrected chi connectivity index (χ3v) is 3.89. The summed E-state index contributed by atoms with van der Waals surface area (Å²) in [4.78, 5) is 11.3. The lowest BCUT2D eigenvalue weighted by molar-refractivity contribution is 0.122. The maximum absolute atomic E-state index is 5.70. The number of aryl methyl sites for hydroxylation is 1. The van der Waals surface area contributed by atoms with Crippen LogP contribution in [0.25, 0.3) is 0 Å². The van der Waals surface area contributed by atoms with Crippen molar-refractivity contribution in [1.29, 1.82) is 0 Å². The van der Waals surface area contributed by atoms with Gasteiger partial charge < -0.3 is 24.4 Å². The Morgan fingerprint density at radius 1 is 1.12 bits per heavy atom. The number of benzene rings is 1. The molecule has 0 spiro atoms. The molecule has 7 heteroatoms. The molecule has 2 aromatic rings. The van der Waals surface area contributed by atoms with Gasteiger partial charge in [-0.3, -0.25) is 0 Å². The van der Waals surface area contributed by atoms with Crippen molar-refractivity contribution in [3.8, 4) is 11.5 Å². The summed E-state index contributed by atoms with van der Waals surface area (Å²) < 4.78 is 16.2. The van der Waals surface area contributed by atoms with Gasteiger partial charge >= 0.3 is 0 Å². The molecular weight excluding hydrogens is 320 g/mol. The smallest absolute Gasteiger partial charge is 0.224 e. The zero-order valence-corrected chi connectivity index (χ0v) is 14.7. The second-order valence-corrected chi connectivity index (χ2v) is 5.74. The summed E-state index contributed by atoms with van der Waals surface area (Å²) in [5, 5.41) is 3.23. The second-order valence-electron chi connectivity index (χ2n) is 5.74. The van der Waals surface area contributed by atoms with Crippen LogP contribution in [0.5, 0.6) is 11.5 Å². The Morgan fingerprint density at radius 3 is 2.56 bits per heavy atom. The summed E-state index contributed by atoms with van der Waals surface area (Å²) in [5.74, 6) is 3.19. The largest absolute Gasteiger partial charge is 0.497 e. The average molecular weight is 344 g/mol. The Bertz CT molecular complexity index is 673. The van der Waals surface area contributed by atoms with E-state index in [1.54, 1.807) is 7.11 Å². The molecule has 0 unspecified atom stereocenters. The molecule has 3 rings (SSSR count). The van der Waals surface area contributed by atoms with Crippen molar-refractivity contribution >= 4 is 11.8 Å². The molecule has 1 saturated heterocycles. The van der Waals surface area contributed by atoms with Crippen LogP contribution in [0.4, 0.5) is 11.8 Å². The number of ether oxygens (including phenoxy) is 3. The van der Waals surface area contributed by atoms with E-state index >= 15 is 0 Å². The first kappa shape index (κ1) is 17.3. The molecule has 0 radical (unpaired) electrons. The maximum atomic E-state index is 5.70. The molecule has 0 saturated carbocycles. The van der Waals surface area contributed by atoms with Gasteiger partial charge in [-0.1, -0.05) is 0 Å². The number of methoxy groups -OCH3 is 1. The fraction of sp³-hybridized carbons (Fsp3) is 0.444. The van der Waals surface area contributed by atoms with Crippen LogP contribution in [0.15, 0.2) is 30.3 Å². The summed E-state index contributed by atoms with van der Waals surface area (Å²) in [5.41, 5.74) is 0.940. The predicted octanol–water partition coefficient (Wildman–Crippen LogP) is 2.12. The Balaban J connectivity index is 1.51. The number of aromatic nitrogens is 2. The lowest BCUT2D eigenvalue weighted by Crippen LogP contribution is -2.37. The van der Waals surface area contributed by atoms with Crippen molar-refractivity contribution in [3.05, 3.63) is 36.0 Å². The van der Waals surface area contributed by atoms with Gasteiger partial charge in [0.1, 0.15) is 23.9 Å². The van der Waals surface area contributed by atoms with Crippen LogP contribution in [0.2, 0.25) is 0 Å². The summed E-state index contributed by atoms with van der Waals surface area (Å²) in [7, 11) is 1.65. The monoisotopic (exact) mass is 344 g/mol. The zero-order chi connectivity index (χ0) is 17.5. The van der Waals surface area contributed by atoms with E-state index in [0.29, 0.717) is 19.1 Å². The van der Waals surface area contributed by atoms with Crippen LogP contribution in [0.3, 0.4) is 0 Å². The van der Waals surface area contributed by atoms with Crippen LogP contribution < -0.4 is 19.7 Å². The molecule has 1 aliphatic rings. The quantitative estimate of drug-likeness (QED) is 0.772. The summed E-state index contributed by atoms with van der Waals surface area (Å²) in [6, 6.07) is 9.53. The minimum atomic E-state index is 0.524. The molecule has 134 valence electrons. The van der Waals surface area contributed by atoms with E-state index in [4.69, 9.17) is 14.2 Å². The van der Waals surface area contributed by atoms with Crippen molar-refractivity contribution in [2.75, 3.05) is 56.8 Å². The molecule has 25 heavy (non-hydrogen) atoms. The minimum absolute atomic E-state index is 0.524. The molecule has 0 aliphatic carbocycles. The lowest BCUT2D eigenvalue weighted by Gasteiger charge is -2.28. The Kier molecular flexibility index (Phi) is 5.90. The van der Waals surface area contributed by atoms with Crippen molar-refractivity contribution in [2.24, 2.45) is 0 Å². The van der Waals surface area contributed by atoms with Gasteiger partial charge in [0.05, 0.1) is 26.9 Å². The van der Waals surface area contributed by atoms with Gasteiger partial charge in [-0.05, 0) is 31.2 Å². The Hall–Kier alpha value is -2.54. The van der Waals surface area contributed by atoms with Gasteiger partial charge in [0.25, 0.3) is 0 Å². The van der Waals surface area contributed by atoms with Crippen LogP contribution in [-0.2, 0) is 4.74 Å². The number of anilines is 2. The van der Waals surface area contributed by atoms with E-state index in [9.17, 15) is 0 Å². The number of nitrogens with one attached hydrogen (secondary N) is 1. The highest BCUT2D eigenvalue weighted by Crippen LogP contribution is 2.18. The standard InChI is InChI=1S/C18H24N4O3/c1-14-13-17(22-8-11-24-12-9-22)21-18(20-14)19-7-10-25-16-5-3-15(23-2)4-6-16/h3-6,13H,7-12H2,1-2H3,(H,19,20,21). The van der Waals surface area contributed by atoms with Crippen molar-refractivity contribution < 1.29 is 14.2 Å². The molecule has 1 N–H and O–H groups in total. The van der Waals surface area contributed by atoms with Gasteiger partial charge in [0.2, 0.25) is 5.95 Å². The van der Waals surface area contributed by atoms with Gasteiger partial charge in [0, 0.05) is 24.8 Å². The summed E-state index contributed by atoms with van der Waals surface area (Å²) >= 11 is 0. The predicted molar refractivity (Wildman–Crippen MR) is 96.8 cm³/mol. The molecule has 0 atom stereocenters. The minimum Gasteiger partial charge on any atom is -0.497 e. The summed E-state index contributed by atoms with van der Waals surface area (Å²) in [6.07, 6.45) is 0. The Labute approximate surface area is 147 Å². The highest BCUT2D eigenvalue weighted by atomic mass is 16.5.